The highest BCUT2D eigenvalue weighted by atomic mass is 16.1. The van der Waals surface area contributed by atoms with E-state index in [1.807, 2.05) is 24.3 Å². The molecule has 1 aromatic rings. The third-order valence-corrected chi connectivity index (χ3v) is 5.00. The molecule has 0 aliphatic carbocycles. The van der Waals surface area contributed by atoms with Gasteiger partial charge in [0.05, 0.1) is 0 Å². The van der Waals surface area contributed by atoms with Gasteiger partial charge < -0.3 is 16.0 Å². The van der Waals surface area contributed by atoms with Crippen LogP contribution in [-0.2, 0) is 6.54 Å². The van der Waals surface area contributed by atoms with Gasteiger partial charge in [0, 0.05) is 38.3 Å². The molecule has 0 atom stereocenters. The number of carbonyl (C=O) groups is 1. The van der Waals surface area contributed by atoms with Crippen molar-refractivity contribution in [3.8, 4) is 0 Å². The Morgan fingerprint density at radius 2 is 1.92 bits per heavy atom. The van der Waals surface area contributed by atoms with E-state index in [9.17, 15) is 4.79 Å². The lowest BCUT2D eigenvalue weighted by molar-refractivity contribution is 0.0962. The predicted molar refractivity (Wildman–Crippen MR) is 108 cm³/mol. The summed E-state index contributed by atoms with van der Waals surface area (Å²) in [7, 11) is 3.42. The number of nitrogens with one attached hydrogen (secondary N) is 3. The second kappa shape index (κ2) is 9.57. The first kappa shape index (κ1) is 20.2. The molecule has 1 saturated heterocycles. The van der Waals surface area contributed by atoms with Crippen LogP contribution in [0.5, 0.6) is 0 Å². The van der Waals surface area contributed by atoms with Crippen molar-refractivity contribution in [1.29, 1.82) is 0 Å². The Bertz CT molecular complexity index is 620. The number of amides is 1. The summed E-state index contributed by atoms with van der Waals surface area (Å²) < 4.78 is 0. The molecule has 1 aliphatic heterocycles. The van der Waals surface area contributed by atoms with E-state index in [2.05, 4.69) is 39.7 Å². The summed E-state index contributed by atoms with van der Waals surface area (Å²) in [6.07, 6.45) is 3.93. The highest BCUT2D eigenvalue weighted by molar-refractivity contribution is 5.94. The summed E-state index contributed by atoms with van der Waals surface area (Å²) in [5.41, 5.74) is 1.81. The molecule has 1 aromatic carbocycles. The van der Waals surface area contributed by atoms with Crippen molar-refractivity contribution in [3.63, 3.8) is 0 Å². The summed E-state index contributed by atoms with van der Waals surface area (Å²) in [5, 5.41) is 9.43. The van der Waals surface area contributed by atoms with E-state index >= 15 is 0 Å². The molecule has 0 unspecified atom stereocenters. The minimum absolute atomic E-state index is 0.0716. The summed E-state index contributed by atoms with van der Waals surface area (Å²) in [6, 6.07) is 7.62. The fourth-order valence-electron chi connectivity index (χ4n) is 3.28. The Balaban J connectivity index is 1.87. The smallest absolute Gasteiger partial charge is 0.251 e. The predicted octanol–water partition coefficient (Wildman–Crippen LogP) is 1.98. The van der Waals surface area contributed by atoms with Gasteiger partial charge in [-0.2, -0.15) is 0 Å². The van der Waals surface area contributed by atoms with Crippen LogP contribution in [-0.4, -0.2) is 56.0 Å². The molecule has 1 aliphatic rings. The van der Waals surface area contributed by atoms with E-state index < -0.39 is 0 Å². The molecular weight excluding hydrogens is 326 g/mol. The van der Waals surface area contributed by atoms with Gasteiger partial charge >= 0.3 is 0 Å². The molecule has 1 amide bonds. The van der Waals surface area contributed by atoms with E-state index in [1.165, 1.54) is 32.4 Å². The van der Waals surface area contributed by atoms with Crippen LogP contribution in [0.4, 0.5) is 0 Å². The summed E-state index contributed by atoms with van der Waals surface area (Å²) in [4.78, 5) is 18.6. The van der Waals surface area contributed by atoms with Crippen molar-refractivity contribution in [1.82, 2.24) is 20.9 Å². The Morgan fingerprint density at radius 3 is 2.58 bits per heavy atom. The standard InChI is InChI=1S/C20H33N5O/c1-20(2,25-11-6-5-7-12-25)15-24-19(22-4)23-14-16-9-8-10-17(13-16)18(26)21-3/h8-10,13H,5-7,11-12,14-15H2,1-4H3,(H,21,26)(H2,22,23,24). The summed E-state index contributed by atoms with van der Waals surface area (Å²) in [6.45, 7) is 8.37. The average molecular weight is 360 g/mol. The van der Waals surface area contributed by atoms with Crippen molar-refractivity contribution in [3.05, 3.63) is 35.4 Å². The van der Waals surface area contributed by atoms with E-state index in [4.69, 9.17) is 0 Å². The minimum atomic E-state index is -0.0716. The first-order chi connectivity index (χ1) is 12.5. The summed E-state index contributed by atoms with van der Waals surface area (Å²) >= 11 is 0. The third kappa shape index (κ3) is 5.73. The number of guanidine groups is 1. The van der Waals surface area contributed by atoms with Crippen LogP contribution in [0.15, 0.2) is 29.3 Å². The van der Waals surface area contributed by atoms with Crippen LogP contribution >= 0.6 is 0 Å². The third-order valence-electron chi connectivity index (χ3n) is 5.00. The molecule has 26 heavy (non-hydrogen) atoms. The topological polar surface area (TPSA) is 68.8 Å². The highest BCUT2D eigenvalue weighted by Gasteiger charge is 2.27. The first-order valence-electron chi connectivity index (χ1n) is 9.47. The Kier molecular flexibility index (Phi) is 7.45. The summed E-state index contributed by atoms with van der Waals surface area (Å²) in [5.74, 6) is 0.707. The van der Waals surface area contributed by atoms with Crippen molar-refractivity contribution in [2.75, 3.05) is 33.7 Å². The maximum Gasteiger partial charge on any atom is 0.251 e. The fourth-order valence-corrected chi connectivity index (χ4v) is 3.28. The molecule has 3 N–H and O–H groups in total. The van der Waals surface area contributed by atoms with Gasteiger partial charge in [-0.05, 0) is 57.5 Å². The lowest BCUT2D eigenvalue weighted by Gasteiger charge is -2.41. The number of carbonyl (C=O) groups excluding carboxylic acids is 1. The molecule has 6 nitrogen and oxygen atoms in total. The highest BCUT2D eigenvalue weighted by Crippen LogP contribution is 2.19. The fraction of sp³-hybridized carbons (Fsp3) is 0.600. The number of benzene rings is 1. The van der Waals surface area contributed by atoms with E-state index in [1.54, 1.807) is 14.1 Å². The zero-order valence-electron chi connectivity index (χ0n) is 16.6. The maximum atomic E-state index is 11.8. The SMILES string of the molecule is CN=C(NCc1cccc(C(=O)NC)c1)NCC(C)(C)N1CCCCC1. The molecule has 6 heteroatoms. The van der Waals surface area contributed by atoms with Crippen molar-refractivity contribution in [2.24, 2.45) is 4.99 Å². The normalized spacial score (nSPS) is 16.2. The Labute approximate surface area is 157 Å². The number of likely N-dealkylation sites (tertiary alicyclic amines) is 1. The van der Waals surface area contributed by atoms with Crippen molar-refractivity contribution in [2.45, 2.75) is 45.2 Å². The molecule has 0 spiro atoms. The lowest BCUT2D eigenvalue weighted by atomic mass is 9.98. The van der Waals surface area contributed by atoms with Gasteiger partial charge in [0.25, 0.3) is 5.91 Å². The second-order valence-electron chi connectivity index (χ2n) is 7.42. The quantitative estimate of drug-likeness (QED) is 0.537. The van der Waals surface area contributed by atoms with Gasteiger partial charge in [-0.15, -0.1) is 0 Å². The van der Waals surface area contributed by atoms with Gasteiger partial charge in [-0.25, -0.2) is 0 Å². The number of nitrogens with zero attached hydrogens (tertiary/aromatic N) is 2. The van der Waals surface area contributed by atoms with E-state index in [0.29, 0.717) is 12.1 Å². The molecule has 1 heterocycles. The Morgan fingerprint density at radius 1 is 1.19 bits per heavy atom. The Hall–Kier alpha value is -2.08. The molecule has 1 fully saturated rings. The number of hydrogen-bond acceptors (Lipinski definition) is 3. The van der Waals surface area contributed by atoms with Gasteiger partial charge in [-0.1, -0.05) is 18.6 Å². The van der Waals surface area contributed by atoms with E-state index in [0.717, 1.165) is 18.1 Å². The molecule has 144 valence electrons. The van der Waals surface area contributed by atoms with Gasteiger partial charge in [0.1, 0.15) is 0 Å². The second-order valence-corrected chi connectivity index (χ2v) is 7.42. The first-order valence-corrected chi connectivity index (χ1v) is 9.47. The van der Waals surface area contributed by atoms with Crippen LogP contribution in [0.2, 0.25) is 0 Å². The van der Waals surface area contributed by atoms with Gasteiger partial charge in [-0.3, -0.25) is 14.7 Å². The van der Waals surface area contributed by atoms with Crippen LogP contribution in [0.3, 0.4) is 0 Å². The number of rotatable bonds is 6. The van der Waals surface area contributed by atoms with Gasteiger partial charge in [0.15, 0.2) is 5.96 Å². The maximum absolute atomic E-state index is 11.8. The van der Waals surface area contributed by atoms with Crippen molar-refractivity contribution < 1.29 is 4.79 Å². The monoisotopic (exact) mass is 359 g/mol. The number of piperidine rings is 1. The lowest BCUT2D eigenvalue weighted by Crippen LogP contribution is -2.54. The van der Waals surface area contributed by atoms with Gasteiger partial charge in [0.2, 0.25) is 0 Å². The number of hydrogen-bond donors (Lipinski definition) is 3. The molecule has 0 bridgehead atoms. The molecular formula is C20H33N5O. The largest absolute Gasteiger partial charge is 0.355 e. The van der Waals surface area contributed by atoms with Crippen LogP contribution in [0.25, 0.3) is 0 Å². The van der Waals surface area contributed by atoms with Crippen LogP contribution in [0.1, 0.15) is 49.0 Å². The van der Waals surface area contributed by atoms with Crippen molar-refractivity contribution >= 4 is 11.9 Å². The molecule has 2 rings (SSSR count). The number of aliphatic imine (C=N–C) groups is 1. The van der Waals surface area contributed by atoms with Crippen LogP contribution in [0, 0.1) is 0 Å². The zero-order chi connectivity index (χ0) is 19.0. The average Bonchev–Trinajstić information content (AvgIpc) is 2.68. The van der Waals surface area contributed by atoms with Crippen LogP contribution < -0.4 is 16.0 Å². The van der Waals surface area contributed by atoms with E-state index in [-0.39, 0.29) is 11.4 Å². The molecule has 0 aromatic heterocycles. The zero-order valence-corrected chi connectivity index (χ0v) is 16.6. The molecule has 0 saturated carbocycles. The minimum Gasteiger partial charge on any atom is -0.355 e. The molecule has 0 radical (unpaired) electrons.